The molecule has 1 aromatic carbocycles. The second-order valence-corrected chi connectivity index (χ2v) is 4.47. The molecular formula is C13H18FN. The minimum Gasteiger partial charge on any atom is -0.313 e. The number of halogens is 1. The fourth-order valence-electron chi connectivity index (χ4n) is 2.25. The van der Waals surface area contributed by atoms with E-state index in [2.05, 4.69) is 5.32 Å². The summed E-state index contributed by atoms with van der Waals surface area (Å²) in [5, 5.41) is 3.30. The van der Waals surface area contributed by atoms with Crippen LogP contribution in [0, 0.1) is 18.7 Å². The molecule has 0 bridgehead atoms. The minimum absolute atomic E-state index is 0.0907. The van der Waals surface area contributed by atoms with Crippen molar-refractivity contribution < 1.29 is 4.39 Å². The van der Waals surface area contributed by atoms with Crippen molar-refractivity contribution >= 4 is 0 Å². The predicted octanol–water partition coefficient (Wildman–Crippen LogP) is 3.19. The summed E-state index contributed by atoms with van der Waals surface area (Å²) in [4.78, 5) is 0. The zero-order valence-electron chi connectivity index (χ0n) is 9.39. The van der Waals surface area contributed by atoms with Crippen LogP contribution in [0.3, 0.4) is 0 Å². The Morgan fingerprint density at radius 2 is 2.13 bits per heavy atom. The Morgan fingerprint density at radius 3 is 2.60 bits per heavy atom. The lowest BCUT2D eigenvalue weighted by Gasteiger charge is -2.34. The third-order valence-corrected chi connectivity index (χ3v) is 3.49. The first-order valence-electron chi connectivity index (χ1n) is 5.65. The molecule has 0 saturated heterocycles. The van der Waals surface area contributed by atoms with Gasteiger partial charge >= 0.3 is 0 Å². The lowest BCUT2D eigenvalue weighted by atomic mass is 9.77. The molecule has 2 heteroatoms. The van der Waals surface area contributed by atoms with Gasteiger partial charge in [0.15, 0.2) is 0 Å². The van der Waals surface area contributed by atoms with Gasteiger partial charge in [-0.25, -0.2) is 4.39 Å². The highest BCUT2D eigenvalue weighted by molar-refractivity contribution is 5.26. The van der Waals surface area contributed by atoms with Gasteiger partial charge in [-0.1, -0.05) is 18.6 Å². The Balaban J connectivity index is 2.21. The molecule has 0 spiro atoms. The van der Waals surface area contributed by atoms with Gasteiger partial charge in [-0.2, -0.15) is 0 Å². The van der Waals surface area contributed by atoms with E-state index in [-0.39, 0.29) is 5.82 Å². The Labute approximate surface area is 90.7 Å². The molecular weight excluding hydrogens is 189 g/mol. The quantitative estimate of drug-likeness (QED) is 0.802. The van der Waals surface area contributed by atoms with Crippen LogP contribution in [0.1, 0.15) is 36.4 Å². The molecule has 1 saturated carbocycles. The Kier molecular flexibility index (Phi) is 3.06. The summed E-state index contributed by atoms with van der Waals surface area (Å²) in [6, 6.07) is 5.91. The molecule has 1 atom stereocenters. The van der Waals surface area contributed by atoms with Gasteiger partial charge in [0.05, 0.1) is 0 Å². The molecule has 1 fully saturated rings. The number of benzene rings is 1. The van der Waals surface area contributed by atoms with Gasteiger partial charge < -0.3 is 5.32 Å². The lowest BCUT2D eigenvalue weighted by molar-refractivity contribution is 0.239. The molecule has 1 nitrogen and oxygen atoms in total. The van der Waals surface area contributed by atoms with Crippen LogP contribution < -0.4 is 5.32 Å². The Hall–Kier alpha value is -0.890. The summed E-state index contributed by atoms with van der Waals surface area (Å²) in [6.45, 7) is 1.80. The van der Waals surface area contributed by atoms with Crippen molar-refractivity contribution in [2.24, 2.45) is 5.92 Å². The van der Waals surface area contributed by atoms with Crippen molar-refractivity contribution in [1.29, 1.82) is 0 Å². The molecule has 15 heavy (non-hydrogen) atoms. The number of aryl methyl sites for hydroxylation is 1. The zero-order chi connectivity index (χ0) is 10.8. The molecule has 0 aromatic heterocycles. The molecule has 0 amide bonds. The smallest absolute Gasteiger partial charge is 0.126 e. The topological polar surface area (TPSA) is 12.0 Å². The van der Waals surface area contributed by atoms with Crippen LogP contribution in [-0.4, -0.2) is 7.05 Å². The fourth-order valence-corrected chi connectivity index (χ4v) is 2.25. The van der Waals surface area contributed by atoms with Gasteiger partial charge in [-0.05, 0) is 49.9 Å². The van der Waals surface area contributed by atoms with Crippen molar-refractivity contribution in [3.8, 4) is 0 Å². The van der Waals surface area contributed by atoms with E-state index in [0.29, 0.717) is 12.0 Å². The molecule has 1 unspecified atom stereocenters. The summed E-state index contributed by atoms with van der Waals surface area (Å²) in [5.41, 5.74) is 1.81. The molecule has 1 aromatic rings. The van der Waals surface area contributed by atoms with Crippen LogP contribution in [0.4, 0.5) is 4.39 Å². The van der Waals surface area contributed by atoms with E-state index >= 15 is 0 Å². The van der Waals surface area contributed by atoms with Crippen LogP contribution in [0.25, 0.3) is 0 Å². The molecule has 82 valence electrons. The van der Waals surface area contributed by atoms with E-state index in [9.17, 15) is 4.39 Å². The first-order chi connectivity index (χ1) is 7.22. The maximum Gasteiger partial charge on any atom is 0.126 e. The number of hydrogen-bond donors (Lipinski definition) is 1. The molecule has 1 N–H and O–H groups in total. The summed E-state index contributed by atoms with van der Waals surface area (Å²) in [7, 11) is 1.96. The van der Waals surface area contributed by atoms with Crippen molar-refractivity contribution in [2.45, 2.75) is 32.2 Å². The average molecular weight is 207 g/mol. The maximum atomic E-state index is 13.4. The highest BCUT2D eigenvalue weighted by Gasteiger charge is 2.27. The molecule has 0 radical (unpaired) electrons. The zero-order valence-corrected chi connectivity index (χ0v) is 9.39. The average Bonchev–Trinajstić information content (AvgIpc) is 2.16. The molecule has 0 heterocycles. The highest BCUT2D eigenvalue weighted by atomic mass is 19.1. The van der Waals surface area contributed by atoms with E-state index in [1.807, 2.05) is 19.2 Å². The number of hydrogen-bond acceptors (Lipinski definition) is 1. The van der Waals surface area contributed by atoms with Crippen LogP contribution in [0.5, 0.6) is 0 Å². The van der Waals surface area contributed by atoms with E-state index in [4.69, 9.17) is 0 Å². The monoisotopic (exact) mass is 207 g/mol. The lowest BCUT2D eigenvalue weighted by Crippen LogP contribution is -2.29. The second kappa shape index (κ2) is 4.31. The summed E-state index contributed by atoms with van der Waals surface area (Å²) < 4.78 is 13.4. The third-order valence-electron chi connectivity index (χ3n) is 3.49. The van der Waals surface area contributed by atoms with Crippen molar-refractivity contribution in [1.82, 2.24) is 5.32 Å². The van der Waals surface area contributed by atoms with Gasteiger partial charge in [0.2, 0.25) is 0 Å². The normalized spacial score (nSPS) is 18.6. The van der Waals surface area contributed by atoms with E-state index < -0.39 is 0 Å². The third kappa shape index (κ3) is 2.05. The van der Waals surface area contributed by atoms with Gasteiger partial charge in [-0.3, -0.25) is 0 Å². The van der Waals surface area contributed by atoms with E-state index in [1.165, 1.54) is 19.3 Å². The van der Waals surface area contributed by atoms with Crippen molar-refractivity contribution in [2.75, 3.05) is 7.05 Å². The van der Waals surface area contributed by atoms with E-state index in [1.54, 1.807) is 13.0 Å². The standard InChI is InChI=1S/C13H18FN/c1-9-6-7-11(8-12(9)14)13(15-2)10-4-3-5-10/h6-8,10,13,15H,3-5H2,1-2H3. The predicted molar refractivity (Wildman–Crippen MR) is 60.3 cm³/mol. The maximum absolute atomic E-state index is 13.4. The first kappa shape index (κ1) is 10.6. The molecule has 2 rings (SSSR count). The number of nitrogens with one attached hydrogen (secondary N) is 1. The van der Waals surface area contributed by atoms with Crippen molar-refractivity contribution in [3.05, 3.63) is 35.1 Å². The Morgan fingerprint density at radius 1 is 1.40 bits per heavy atom. The summed E-state index contributed by atoms with van der Waals surface area (Å²) >= 11 is 0. The summed E-state index contributed by atoms with van der Waals surface area (Å²) in [6.07, 6.45) is 3.85. The van der Waals surface area contributed by atoms with Crippen LogP contribution in [0.2, 0.25) is 0 Å². The SMILES string of the molecule is CNC(c1ccc(C)c(F)c1)C1CCC1. The molecule has 1 aliphatic carbocycles. The van der Waals surface area contributed by atoms with Gasteiger partial charge in [-0.15, -0.1) is 0 Å². The molecule has 0 aliphatic heterocycles. The van der Waals surface area contributed by atoms with Crippen LogP contribution >= 0.6 is 0 Å². The first-order valence-corrected chi connectivity index (χ1v) is 5.65. The molecule has 1 aliphatic rings. The fraction of sp³-hybridized carbons (Fsp3) is 0.538. The van der Waals surface area contributed by atoms with Gasteiger partial charge in [0, 0.05) is 6.04 Å². The minimum atomic E-state index is -0.0907. The second-order valence-electron chi connectivity index (χ2n) is 4.47. The van der Waals surface area contributed by atoms with Crippen LogP contribution in [0.15, 0.2) is 18.2 Å². The van der Waals surface area contributed by atoms with Crippen molar-refractivity contribution in [3.63, 3.8) is 0 Å². The highest BCUT2D eigenvalue weighted by Crippen LogP contribution is 2.37. The van der Waals surface area contributed by atoms with Gasteiger partial charge in [0.25, 0.3) is 0 Å². The summed E-state index contributed by atoms with van der Waals surface area (Å²) in [5.74, 6) is 0.601. The Bertz CT molecular complexity index is 344. The van der Waals surface area contributed by atoms with Crippen LogP contribution in [-0.2, 0) is 0 Å². The van der Waals surface area contributed by atoms with Gasteiger partial charge in [0.1, 0.15) is 5.82 Å². The largest absolute Gasteiger partial charge is 0.313 e. The van der Waals surface area contributed by atoms with E-state index in [0.717, 1.165) is 11.1 Å². The number of rotatable bonds is 3.